The van der Waals surface area contributed by atoms with Crippen LogP contribution in [-0.4, -0.2) is 12.0 Å². The van der Waals surface area contributed by atoms with Gasteiger partial charge in [-0.2, -0.15) is 0 Å². The molecule has 1 aliphatic rings. The van der Waals surface area contributed by atoms with E-state index in [1.165, 1.54) is 0 Å². The molecular formula is C3H3N2O2. The molecule has 0 aromatic carbocycles. The zero-order valence-electron chi connectivity index (χ0n) is 3.71. The predicted octanol–water partition coefficient (Wildman–Crippen LogP) is 0.0744. The van der Waals surface area contributed by atoms with E-state index < -0.39 is 6.09 Å². The predicted molar refractivity (Wildman–Crippen MR) is 21.7 cm³/mol. The molecule has 1 amide bonds. The van der Waals surface area contributed by atoms with Crippen molar-refractivity contribution in [3.63, 3.8) is 0 Å². The average molecular weight is 99.1 g/mol. The Balaban J connectivity index is 2.58. The summed E-state index contributed by atoms with van der Waals surface area (Å²) in [6.45, 7) is 1.56. The molecule has 0 fully saturated rings. The summed E-state index contributed by atoms with van der Waals surface area (Å²) in [4.78, 5) is 9.95. The molecule has 0 saturated heterocycles. The average Bonchev–Trinajstić information content (AvgIpc) is 1.87. The third kappa shape index (κ3) is 0.677. The summed E-state index contributed by atoms with van der Waals surface area (Å²) >= 11 is 0. The molecule has 0 aromatic rings. The number of rotatable bonds is 0. The van der Waals surface area contributed by atoms with Gasteiger partial charge in [0.05, 0.1) is 0 Å². The summed E-state index contributed by atoms with van der Waals surface area (Å²) in [6, 6.07) is 0. The summed E-state index contributed by atoms with van der Waals surface area (Å²) in [7, 11) is 0. The van der Waals surface area contributed by atoms with Crippen molar-refractivity contribution >= 4 is 12.0 Å². The van der Waals surface area contributed by atoms with Crippen molar-refractivity contribution in [1.82, 2.24) is 5.43 Å². The Kier molecular flexibility index (Phi) is 0.714. The summed E-state index contributed by atoms with van der Waals surface area (Å²) in [5, 5.41) is 3.29. The lowest BCUT2D eigenvalue weighted by Crippen LogP contribution is -2.02. The molecule has 0 bridgehead atoms. The molecule has 37 valence electrons. The molecule has 0 saturated carbocycles. The van der Waals surface area contributed by atoms with Crippen molar-refractivity contribution in [1.29, 1.82) is 0 Å². The van der Waals surface area contributed by atoms with Crippen LogP contribution < -0.4 is 5.43 Å². The van der Waals surface area contributed by atoms with Crippen LogP contribution in [0.2, 0.25) is 0 Å². The van der Waals surface area contributed by atoms with Crippen LogP contribution in [0, 0.1) is 0 Å². The van der Waals surface area contributed by atoms with E-state index in [0.29, 0.717) is 5.90 Å². The summed E-state index contributed by atoms with van der Waals surface area (Å²) in [5.74, 6) is 0.310. The first-order valence-electron chi connectivity index (χ1n) is 1.76. The molecule has 4 heteroatoms. The van der Waals surface area contributed by atoms with Gasteiger partial charge in [-0.1, -0.05) is 5.43 Å². The summed E-state index contributed by atoms with van der Waals surface area (Å²) in [6.07, 6.45) is -0.627. The van der Waals surface area contributed by atoms with Crippen LogP contribution in [-0.2, 0) is 4.74 Å². The number of cyclic esters (lactones) is 1. The van der Waals surface area contributed by atoms with Crippen LogP contribution in [0.3, 0.4) is 0 Å². The number of amides is 1. The number of carbonyl (C=O) groups excluding carboxylic acids is 1. The molecule has 0 unspecified atom stereocenters. The molecule has 0 aromatic heterocycles. The first-order valence-corrected chi connectivity index (χ1v) is 1.76. The van der Waals surface area contributed by atoms with Gasteiger partial charge in [-0.3, -0.25) is 0 Å². The molecule has 0 spiro atoms. The molecule has 0 N–H and O–H groups in total. The van der Waals surface area contributed by atoms with Crippen LogP contribution >= 0.6 is 0 Å². The molecule has 1 heterocycles. The number of carbonyl (C=O) groups is 1. The van der Waals surface area contributed by atoms with E-state index in [4.69, 9.17) is 0 Å². The standard InChI is InChI=1S/C3H3N2O2/c1-2-4-5-3(6)7-2/h1H3. The first kappa shape index (κ1) is 4.11. The van der Waals surface area contributed by atoms with Gasteiger partial charge in [-0.05, 0) is 0 Å². The molecular weight excluding hydrogens is 96.0 g/mol. The minimum Gasteiger partial charge on any atom is -0.391 e. The fourth-order valence-electron chi connectivity index (χ4n) is 0.278. The van der Waals surface area contributed by atoms with Gasteiger partial charge in [0.2, 0.25) is 5.90 Å². The van der Waals surface area contributed by atoms with Crippen LogP contribution in [0.25, 0.3) is 0 Å². The van der Waals surface area contributed by atoms with Gasteiger partial charge in [0.25, 0.3) is 0 Å². The number of hydrogen-bond donors (Lipinski definition) is 0. The van der Waals surface area contributed by atoms with Crippen LogP contribution in [0.15, 0.2) is 5.10 Å². The van der Waals surface area contributed by atoms with Crippen molar-refractivity contribution in [2.75, 3.05) is 0 Å². The largest absolute Gasteiger partial charge is 0.459 e. The van der Waals surface area contributed by atoms with Crippen LogP contribution in [0.5, 0.6) is 0 Å². The first-order chi connectivity index (χ1) is 3.29. The number of hydrogen-bond acceptors (Lipinski definition) is 3. The van der Waals surface area contributed by atoms with Crippen molar-refractivity contribution < 1.29 is 9.53 Å². The van der Waals surface area contributed by atoms with Gasteiger partial charge in [0.1, 0.15) is 0 Å². The molecule has 1 rings (SSSR count). The Morgan fingerprint density at radius 1 is 1.71 bits per heavy atom. The van der Waals surface area contributed by atoms with E-state index in [0.717, 1.165) is 0 Å². The van der Waals surface area contributed by atoms with Gasteiger partial charge < -0.3 is 4.74 Å². The summed E-state index contributed by atoms with van der Waals surface area (Å²) < 4.78 is 4.31. The maximum Gasteiger partial charge on any atom is 0.459 e. The van der Waals surface area contributed by atoms with E-state index in [9.17, 15) is 4.79 Å². The smallest absolute Gasteiger partial charge is 0.391 e. The zero-order valence-corrected chi connectivity index (χ0v) is 3.71. The molecule has 1 aliphatic heterocycles. The lowest BCUT2D eigenvalue weighted by molar-refractivity contribution is 0.205. The van der Waals surface area contributed by atoms with Crippen LogP contribution in [0.1, 0.15) is 6.92 Å². The maximum absolute atomic E-state index is 9.95. The van der Waals surface area contributed by atoms with E-state index in [1.54, 1.807) is 6.92 Å². The van der Waals surface area contributed by atoms with E-state index in [-0.39, 0.29) is 0 Å². The lowest BCUT2D eigenvalue weighted by Gasteiger charge is -1.80. The minimum absolute atomic E-state index is 0.310. The monoisotopic (exact) mass is 99.0 g/mol. The number of ether oxygens (including phenoxy) is 1. The van der Waals surface area contributed by atoms with Crippen LogP contribution in [0.4, 0.5) is 4.79 Å². The zero-order chi connectivity index (χ0) is 5.28. The highest BCUT2D eigenvalue weighted by molar-refractivity contribution is 5.90. The van der Waals surface area contributed by atoms with Crippen molar-refractivity contribution in [2.24, 2.45) is 5.10 Å². The Labute approximate surface area is 40.2 Å². The van der Waals surface area contributed by atoms with Gasteiger partial charge in [0.15, 0.2) is 0 Å². The molecule has 0 aliphatic carbocycles. The fourth-order valence-corrected chi connectivity index (χ4v) is 0.278. The number of nitrogens with zero attached hydrogens (tertiary/aromatic N) is 2. The fraction of sp³-hybridized carbons (Fsp3) is 0.333. The van der Waals surface area contributed by atoms with E-state index in [2.05, 4.69) is 15.3 Å². The van der Waals surface area contributed by atoms with Crippen molar-refractivity contribution in [3.8, 4) is 0 Å². The highest BCUT2D eigenvalue weighted by Crippen LogP contribution is 1.90. The topological polar surface area (TPSA) is 52.8 Å². The van der Waals surface area contributed by atoms with Gasteiger partial charge in [-0.15, -0.1) is 5.10 Å². The normalized spacial score (nSPS) is 17.9. The quantitative estimate of drug-likeness (QED) is 0.431. The Bertz CT molecular complexity index is 129. The van der Waals surface area contributed by atoms with Crippen molar-refractivity contribution in [3.05, 3.63) is 0 Å². The van der Waals surface area contributed by atoms with Gasteiger partial charge in [-0.25, -0.2) is 4.79 Å². The third-order valence-corrected chi connectivity index (χ3v) is 0.507. The van der Waals surface area contributed by atoms with Gasteiger partial charge in [0, 0.05) is 6.92 Å². The SMILES string of the molecule is CC1=N[N]C(=O)O1. The molecule has 0 atom stereocenters. The minimum atomic E-state index is -0.627. The lowest BCUT2D eigenvalue weighted by atomic mass is 10.8. The second-order valence-corrected chi connectivity index (χ2v) is 1.09. The second-order valence-electron chi connectivity index (χ2n) is 1.09. The van der Waals surface area contributed by atoms with E-state index >= 15 is 0 Å². The summed E-state index contributed by atoms with van der Waals surface area (Å²) in [5.41, 5.74) is 3.04. The second kappa shape index (κ2) is 1.22. The Hall–Kier alpha value is -1.06. The maximum atomic E-state index is 9.95. The van der Waals surface area contributed by atoms with Gasteiger partial charge >= 0.3 is 6.09 Å². The van der Waals surface area contributed by atoms with Crippen molar-refractivity contribution in [2.45, 2.75) is 6.92 Å². The highest BCUT2D eigenvalue weighted by atomic mass is 16.6. The Morgan fingerprint density at radius 3 is 2.57 bits per heavy atom. The third-order valence-electron chi connectivity index (χ3n) is 0.507. The molecule has 4 nitrogen and oxygen atoms in total. The highest BCUT2D eigenvalue weighted by Gasteiger charge is 2.12. The van der Waals surface area contributed by atoms with E-state index in [1.807, 2.05) is 0 Å². The molecule has 7 heavy (non-hydrogen) atoms. The Morgan fingerprint density at radius 2 is 2.43 bits per heavy atom. The molecule has 1 radical (unpaired) electrons.